The van der Waals surface area contributed by atoms with Gasteiger partial charge in [0, 0.05) is 28.3 Å². The number of nitrogens with zero attached hydrogens (tertiary/aromatic N) is 1. The third kappa shape index (κ3) is 3.62. The van der Waals surface area contributed by atoms with E-state index < -0.39 is 0 Å². The maximum atomic E-state index is 13.9. The molecule has 198 valence electrons. The van der Waals surface area contributed by atoms with E-state index in [0.29, 0.717) is 22.8 Å². The molecule has 1 aliphatic carbocycles. The van der Waals surface area contributed by atoms with Crippen LogP contribution in [-0.2, 0) is 0 Å². The van der Waals surface area contributed by atoms with E-state index in [4.69, 9.17) is 4.42 Å². The number of fused-ring (bicyclic) bond motifs is 7. The molecule has 1 heterocycles. The predicted octanol–water partition coefficient (Wildman–Crippen LogP) is 9.67. The minimum Gasteiger partial charge on any atom is -0.440 e. The molecule has 6 aromatic carbocycles. The predicted molar refractivity (Wildman–Crippen MR) is 169 cm³/mol. The molecule has 0 fully saturated rings. The van der Waals surface area contributed by atoms with Gasteiger partial charge in [0.25, 0.3) is 0 Å². The summed E-state index contributed by atoms with van der Waals surface area (Å²) in [6.07, 6.45) is 1.59. The zero-order chi connectivity index (χ0) is 28.2. The van der Waals surface area contributed by atoms with Crippen LogP contribution in [0.1, 0.15) is 26.5 Å². The molecule has 8 rings (SSSR count). The minimum atomic E-state index is -0.274. The number of hydrogen-bond donors (Lipinski definition) is 0. The van der Waals surface area contributed by atoms with E-state index in [9.17, 15) is 9.59 Å². The summed E-state index contributed by atoms with van der Waals surface area (Å²) in [4.78, 5) is 29.8. The average molecular weight is 542 g/mol. The van der Waals surface area contributed by atoms with Crippen LogP contribution in [0.25, 0.3) is 38.4 Å². The van der Waals surface area contributed by atoms with Crippen LogP contribution < -0.4 is 4.90 Å². The van der Waals surface area contributed by atoms with Crippen molar-refractivity contribution in [3.63, 3.8) is 0 Å². The Morgan fingerprint density at radius 2 is 1.05 bits per heavy atom. The van der Waals surface area contributed by atoms with Gasteiger partial charge in [0.2, 0.25) is 5.88 Å². The van der Waals surface area contributed by atoms with E-state index in [2.05, 4.69) is 29.2 Å². The van der Waals surface area contributed by atoms with Gasteiger partial charge in [-0.1, -0.05) is 103 Å². The molecule has 7 aromatic rings. The summed E-state index contributed by atoms with van der Waals surface area (Å²) in [5, 5.41) is 5.70. The fourth-order valence-corrected chi connectivity index (χ4v) is 6.16. The number of allylic oxidation sites excluding steroid dienone is 1. The number of ketones is 2. The van der Waals surface area contributed by atoms with Gasteiger partial charge in [0.15, 0.2) is 11.6 Å². The summed E-state index contributed by atoms with van der Waals surface area (Å²) >= 11 is 0. The lowest BCUT2D eigenvalue weighted by molar-refractivity contribution is 0.0991. The van der Waals surface area contributed by atoms with E-state index in [-0.39, 0.29) is 17.1 Å². The van der Waals surface area contributed by atoms with Gasteiger partial charge >= 0.3 is 0 Å². The summed E-state index contributed by atoms with van der Waals surface area (Å²) in [5.41, 5.74) is 2.94. The Kier molecular flexibility index (Phi) is 5.41. The van der Waals surface area contributed by atoms with Gasteiger partial charge in [-0.25, -0.2) is 0 Å². The van der Waals surface area contributed by atoms with Gasteiger partial charge < -0.3 is 4.42 Å². The minimum absolute atomic E-state index is 0.115. The molecule has 0 N–H and O–H groups in total. The molecule has 0 saturated carbocycles. The van der Waals surface area contributed by atoms with Crippen LogP contribution in [-0.4, -0.2) is 11.6 Å². The molecule has 0 aliphatic heterocycles. The third-order valence-electron chi connectivity index (χ3n) is 8.02. The van der Waals surface area contributed by atoms with Crippen molar-refractivity contribution in [2.75, 3.05) is 4.90 Å². The van der Waals surface area contributed by atoms with Crippen molar-refractivity contribution in [2.45, 2.75) is 0 Å². The Morgan fingerprint density at radius 3 is 1.71 bits per heavy atom. The molecule has 4 heteroatoms. The van der Waals surface area contributed by atoms with Crippen LogP contribution in [0.2, 0.25) is 0 Å². The van der Waals surface area contributed by atoms with Crippen LogP contribution in [0.15, 0.2) is 143 Å². The van der Waals surface area contributed by atoms with Crippen molar-refractivity contribution < 1.29 is 14.0 Å². The fraction of sp³-hybridized carbons (Fsp3) is 0. The lowest BCUT2D eigenvalue weighted by Crippen LogP contribution is -2.09. The van der Waals surface area contributed by atoms with Crippen LogP contribution >= 0.6 is 0 Å². The SMILES string of the molecule is O=C1C(=Cc2ccc(N(c3ccccc3)c3cccc4ccccc34)o2)C(=O)c2c1c1ccccc1c1ccccc21. The highest BCUT2D eigenvalue weighted by Crippen LogP contribution is 2.42. The van der Waals surface area contributed by atoms with Crippen molar-refractivity contribution in [3.8, 4) is 0 Å². The molecule has 0 atom stereocenters. The number of benzene rings is 6. The molecule has 0 spiro atoms. The van der Waals surface area contributed by atoms with Crippen molar-refractivity contribution in [3.05, 3.63) is 156 Å². The highest BCUT2D eigenvalue weighted by molar-refractivity contribution is 6.47. The first-order chi connectivity index (χ1) is 20.7. The molecule has 0 amide bonds. The van der Waals surface area contributed by atoms with Crippen molar-refractivity contribution in [1.82, 2.24) is 0 Å². The van der Waals surface area contributed by atoms with Gasteiger partial charge in [-0.05, 0) is 57.3 Å². The number of rotatable bonds is 4. The van der Waals surface area contributed by atoms with Crippen molar-refractivity contribution >= 4 is 67.2 Å². The number of furan rings is 1. The second kappa shape index (κ2) is 9.43. The first kappa shape index (κ1) is 24.1. The first-order valence-electron chi connectivity index (χ1n) is 13.9. The largest absolute Gasteiger partial charge is 0.440 e. The van der Waals surface area contributed by atoms with E-state index in [1.165, 1.54) is 0 Å². The van der Waals surface area contributed by atoms with Gasteiger partial charge in [0.1, 0.15) is 5.76 Å². The molecule has 0 bridgehead atoms. The third-order valence-corrected chi connectivity index (χ3v) is 8.02. The average Bonchev–Trinajstić information content (AvgIpc) is 3.60. The van der Waals surface area contributed by atoms with Crippen LogP contribution in [0.4, 0.5) is 17.3 Å². The highest BCUT2D eigenvalue weighted by atomic mass is 16.4. The standard InChI is InChI=1S/C38H23NO3/c40-37-32(38(41)36-31-19-9-7-17-29(31)28-16-6-8-18-30(28)35(36)37)23-26-21-22-34(42-26)39(25-13-2-1-3-14-25)33-20-10-12-24-11-4-5-15-27(24)33/h1-23H. The quantitative estimate of drug-likeness (QED) is 0.126. The van der Waals surface area contributed by atoms with E-state index in [1.807, 2.05) is 109 Å². The first-order valence-corrected chi connectivity index (χ1v) is 13.9. The molecule has 0 radical (unpaired) electrons. The van der Waals surface area contributed by atoms with E-state index in [0.717, 1.165) is 43.7 Å². The summed E-state index contributed by atoms with van der Waals surface area (Å²) in [5.74, 6) is 0.466. The van der Waals surface area contributed by atoms with Gasteiger partial charge in [-0.3, -0.25) is 14.5 Å². The molecule has 0 saturated heterocycles. The molecule has 4 nitrogen and oxygen atoms in total. The summed E-state index contributed by atoms with van der Waals surface area (Å²) in [6.45, 7) is 0. The van der Waals surface area contributed by atoms with Gasteiger partial charge in [-0.15, -0.1) is 0 Å². The number of anilines is 3. The molecule has 0 unspecified atom stereocenters. The maximum absolute atomic E-state index is 13.9. The molecule has 42 heavy (non-hydrogen) atoms. The van der Waals surface area contributed by atoms with Crippen LogP contribution in [0.5, 0.6) is 0 Å². The number of carbonyl (C=O) groups is 2. The Labute approximate surface area is 241 Å². The Hall–Kier alpha value is -5.74. The Balaban J connectivity index is 1.27. The summed E-state index contributed by atoms with van der Waals surface area (Å²) in [6, 6.07) is 43.7. The summed E-state index contributed by atoms with van der Waals surface area (Å²) in [7, 11) is 0. The Morgan fingerprint density at radius 1 is 0.500 bits per heavy atom. The topological polar surface area (TPSA) is 50.5 Å². The van der Waals surface area contributed by atoms with Crippen molar-refractivity contribution in [2.24, 2.45) is 0 Å². The van der Waals surface area contributed by atoms with Crippen LogP contribution in [0.3, 0.4) is 0 Å². The highest BCUT2D eigenvalue weighted by Gasteiger charge is 2.37. The van der Waals surface area contributed by atoms with E-state index in [1.54, 1.807) is 6.08 Å². The summed E-state index contributed by atoms with van der Waals surface area (Å²) < 4.78 is 6.38. The smallest absolute Gasteiger partial charge is 0.205 e. The molecular weight excluding hydrogens is 518 g/mol. The number of hydrogen-bond acceptors (Lipinski definition) is 4. The van der Waals surface area contributed by atoms with Gasteiger partial charge in [-0.2, -0.15) is 0 Å². The fourth-order valence-electron chi connectivity index (χ4n) is 6.16. The van der Waals surface area contributed by atoms with E-state index >= 15 is 0 Å². The lowest BCUT2D eigenvalue weighted by Gasteiger charge is -2.24. The molecule has 1 aromatic heterocycles. The molecule has 1 aliphatic rings. The number of carbonyl (C=O) groups excluding carboxylic acids is 2. The second-order valence-electron chi connectivity index (χ2n) is 10.4. The van der Waals surface area contributed by atoms with Gasteiger partial charge in [0.05, 0.1) is 11.3 Å². The normalized spacial score (nSPS) is 12.8. The second-order valence-corrected chi connectivity index (χ2v) is 10.4. The lowest BCUT2D eigenvalue weighted by atomic mass is 9.93. The number of Topliss-reactive ketones (excluding diaryl/α,β-unsaturated/α-hetero) is 2. The zero-order valence-corrected chi connectivity index (χ0v) is 22.5. The zero-order valence-electron chi connectivity index (χ0n) is 22.5. The molecular formula is C38H23NO3. The Bertz CT molecular complexity index is 2160. The number of para-hydroxylation sites is 1. The maximum Gasteiger partial charge on any atom is 0.205 e. The van der Waals surface area contributed by atoms with Crippen LogP contribution in [0, 0.1) is 0 Å². The monoisotopic (exact) mass is 541 g/mol. The van der Waals surface area contributed by atoms with Crippen molar-refractivity contribution in [1.29, 1.82) is 0 Å².